The summed E-state index contributed by atoms with van der Waals surface area (Å²) in [7, 11) is 0. The van der Waals surface area contributed by atoms with Crippen molar-refractivity contribution in [3.8, 4) is 0 Å². The number of nitrogens with one attached hydrogen (secondary N) is 1. The largest absolute Gasteiger partial charge is 0.314 e. The molecule has 1 atom stereocenters. The predicted molar refractivity (Wildman–Crippen MR) is 52.2 cm³/mol. The molecule has 1 unspecified atom stereocenters. The minimum absolute atomic E-state index is 0.200. The van der Waals surface area contributed by atoms with Crippen LogP contribution < -0.4 is 5.32 Å². The SMILES string of the molecule is CCCCCC(C)NCCCF. The highest BCUT2D eigenvalue weighted by Gasteiger charge is 1.98. The van der Waals surface area contributed by atoms with Crippen LogP contribution in [0.3, 0.4) is 0 Å². The molecule has 0 aromatic carbocycles. The molecule has 0 saturated carbocycles. The molecular weight excluding hydrogens is 153 g/mol. The Bertz CT molecular complexity index is 75.9. The van der Waals surface area contributed by atoms with Gasteiger partial charge in [-0.05, 0) is 26.3 Å². The van der Waals surface area contributed by atoms with Crippen molar-refractivity contribution < 1.29 is 4.39 Å². The van der Waals surface area contributed by atoms with Crippen molar-refractivity contribution in [3.63, 3.8) is 0 Å². The van der Waals surface area contributed by atoms with Gasteiger partial charge in [-0.1, -0.05) is 26.2 Å². The highest BCUT2D eigenvalue weighted by molar-refractivity contribution is 4.59. The molecule has 0 rings (SSSR count). The smallest absolute Gasteiger partial charge is 0.0906 e. The Hall–Kier alpha value is -0.110. The Balaban J connectivity index is 3.04. The molecule has 0 fully saturated rings. The molecule has 2 heteroatoms. The molecule has 12 heavy (non-hydrogen) atoms. The van der Waals surface area contributed by atoms with Gasteiger partial charge in [0.2, 0.25) is 0 Å². The number of hydrogen-bond donors (Lipinski definition) is 1. The van der Waals surface area contributed by atoms with Crippen molar-refractivity contribution in [2.75, 3.05) is 13.2 Å². The molecule has 0 aromatic heterocycles. The topological polar surface area (TPSA) is 12.0 Å². The van der Waals surface area contributed by atoms with Gasteiger partial charge in [-0.3, -0.25) is 4.39 Å². The van der Waals surface area contributed by atoms with Gasteiger partial charge in [-0.2, -0.15) is 0 Å². The first-order valence-electron chi connectivity index (χ1n) is 5.10. The third-order valence-corrected chi connectivity index (χ3v) is 2.04. The molecule has 0 saturated heterocycles. The summed E-state index contributed by atoms with van der Waals surface area (Å²) in [6.45, 7) is 5.01. The van der Waals surface area contributed by atoms with Crippen LogP contribution in [0.1, 0.15) is 46.0 Å². The molecule has 0 spiro atoms. The molecule has 0 aliphatic carbocycles. The number of unbranched alkanes of at least 4 members (excludes halogenated alkanes) is 2. The van der Waals surface area contributed by atoms with Crippen molar-refractivity contribution in [1.29, 1.82) is 0 Å². The van der Waals surface area contributed by atoms with Crippen LogP contribution in [0.15, 0.2) is 0 Å². The van der Waals surface area contributed by atoms with E-state index in [4.69, 9.17) is 0 Å². The van der Waals surface area contributed by atoms with Gasteiger partial charge in [0, 0.05) is 6.04 Å². The zero-order valence-electron chi connectivity index (χ0n) is 8.41. The highest BCUT2D eigenvalue weighted by Crippen LogP contribution is 2.02. The van der Waals surface area contributed by atoms with Gasteiger partial charge in [0.05, 0.1) is 6.67 Å². The Morgan fingerprint density at radius 2 is 2.00 bits per heavy atom. The molecule has 0 aliphatic rings. The molecule has 0 aromatic rings. The lowest BCUT2D eigenvalue weighted by Crippen LogP contribution is -2.27. The first-order valence-corrected chi connectivity index (χ1v) is 5.10. The maximum atomic E-state index is 11.7. The summed E-state index contributed by atoms with van der Waals surface area (Å²) in [6, 6.07) is 0.558. The molecule has 0 amide bonds. The summed E-state index contributed by atoms with van der Waals surface area (Å²) in [5.41, 5.74) is 0. The van der Waals surface area contributed by atoms with Crippen molar-refractivity contribution >= 4 is 0 Å². The van der Waals surface area contributed by atoms with Gasteiger partial charge in [0.1, 0.15) is 0 Å². The van der Waals surface area contributed by atoms with E-state index in [1.54, 1.807) is 0 Å². The van der Waals surface area contributed by atoms with E-state index in [2.05, 4.69) is 19.2 Å². The molecule has 1 nitrogen and oxygen atoms in total. The predicted octanol–water partition coefficient (Wildman–Crippen LogP) is 2.90. The summed E-state index contributed by atoms with van der Waals surface area (Å²) in [4.78, 5) is 0. The fourth-order valence-electron chi connectivity index (χ4n) is 1.22. The zero-order chi connectivity index (χ0) is 9.23. The van der Waals surface area contributed by atoms with Crippen LogP contribution in [-0.2, 0) is 0 Å². The van der Waals surface area contributed by atoms with Gasteiger partial charge in [0.25, 0.3) is 0 Å². The number of hydrogen-bond acceptors (Lipinski definition) is 1. The van der Waals surface area contributed by atoms with E-state index in [0.29, 0.717) is 12.5 Å². The lowest BCUT2D eigenvalue weighted by Gasteiger charge is -2.12. The van der Waals surface area contributed by atoms with E-state index in [9.17, 15) is 4.39 Å². The Morgan fingerprint density at radius 1 is 1.25 bits per heavy atom. The maximum Gasteiger partial charge on any atom is 0.0906 e. The average molecular weight is 175 g/mol. The fraction of sp³-hybridized carbons (Fsp3) is 1.00. The first-order chi connectivity index (χ1) is 5.81. The molecule has 0 aliphatic heterocycles. The van der Waals surface area contributed by atoms with Crippen LogP contribution in [0.25, 0.3) is 0 Å². The normalized spacial score (nSPS) is 13.2. The summed E-state index contributed by atoms with van der Waals surface area (Å²) >= 11 is 0. The quantitative estimate of drug-likeness (QED) is 0.559. The van der Waals surface area contributed by atoms with Crippen LogP contribution in [0.5, 0.6) is 0 Å². The van der Waals surface area contributed by atoms with Crippen LogP contribution in [0, 0.1) is 0 Å². The first kappa shape index (κ1) is 11.9. The Labute approximate surface area is 75.7 Å². The monoisotopic (exact) mass is 175 g/mol. The summed E-state index contributed by atoms with van der Waals surface area (Å²) in [5.74, 6) is 0. The highest BCUT2D eigenvalue weighted by atomic mass is 19.1. The van der Waals surface area contributed by atoms with Gasteiger partial charge in [-0.25, -0.2) is 0 Å². The standard InChI is InChI=1S/C10H22FN/c1-3-4-5-7-10(2)12-9-6-8-11/h10,12H,3-9H2,1-2H3. The van der Waals surface area contributed by atoms with Gasteiger partial charge < -0.3 is 5.32 Å². The van der Waals surface area contributed by atoms with E-state index in [-0.39, 0.29) is 6.67 Å². The number of rotatable bonds is 8. The second-order valence-electron chi connectivity index (χ2n) is 3.39. The van der Waals surface area contributed by atoms with E-state index in [0.717, 1.165) is 6.54 Å². The molecule has 74 valence electrons. The summed E-state index contributed by atoms with van der Waals surface area (Å²) in [6.07, 6.45) is 5.75. The fourth-order valence-corrected chi connectivity index (χ4v) is 1.22. The second-order valence-corrected chi connectivity index (χ2v) is 3.39. The molecular formula is C10H22FN. The van der Waals surface area contributed by atoms with Crippen molar-refractivity contribution in [3.05, 3.63) is 0 Å². The van der Waals surface area contributed by atoms with E-state index < -0.39 is 0 Å². The molecule has 0 radical (unpaired) electrons. The third kappa shape index (κ3) is 7.99. The number of halogens is 1. The Kier molecular flexibility index (Phi) is 8.90. The molecule has 0 bridgehead atoms. The Morgan fingerprint density at radius 3 is 2.58 bits per heavy atom. The zero-order valence-corrected chi connectivity index (χ0v) is 8.41. The minimum Gasteiger partial charge on any atom is -0.314 e. The lowest BCUT2D eigenvalue weighted by molar-refractivity contribution is 0.429. The van der Waals surface area contributed by atoms with Crippen LogP contribution in [0.4, 0.5) is 4.39 Å². The van der Waals surface area contributed by atoms with Gasteiger partial charge >= 0.3 is 0 Å². The van der Waals surface area contributed by atoms with E-state index in [1.807, 2.05) is 0 Å². The van der Waals surface area contributed by atoms with Crippen LogP contribution in [0.2, 0.25) is 0 Å². The minimum atomic E-state index is -0.200. The lowest BCUT2D eigenvalue weighted by atomic mass is 10.1. The summed E-state index contributed by atoms with van der Waals surface area (Å²) < 4.78 is 11.7. The average Bonchev–Trinajstić information content (AvgIpc) is 2.06. The van der Waals surface area contributed by atoms with E-state index >= 15 is 0 Å². The molecule has 0 heterocycles. The number of alkyl halides is 1. The van der Waals surface area contributed by atoms with Gasteiger partial charge in [0.15, 0.2) is 0 Å². The second kappa shape index (κ2) is 8.98. The van der Waals surface area contributed by atoms with Crippen LogP contribution >= 0.6 is 0 Å². The van der Waals surface area contributed by atoms with Gasteiger partial charge in [-0.15, -0.1) is 0 Å². The van der Waals surface area contributed by atoms with E-state index in [1.165, 1.54) is 25.7 Å². The third-order valence-electron chi connectivity index (χ3n) is 2.04. The summed E-state index contributed by atoms with van der Waals surface area (Å²) in [5, 5.41) is 3.30. The van der Waals surface area contributed by atoms with Crippen molar-refractivity contribution in [2.24, 2.45) is 0 Å². The van der Waals surface area contributed by atoms with Crippen LogP contribution in [-0.4, -0.2) is 19.3 Å². The molecule has 1 N–H and O–H groups in total. The maximum absolute atomic E-state index is 11.7. The van der Waals surface area contributed by atoms with Crippen molar-refractivity contribution in [1.82, 2.24) is 5.32 Å². The van der Waals surface area contributed by atoms with Crippen molar-refractivity contribution in [2.45, 2.75) is 52.0 Å².